The van der Waals surface area contributed by atoms with E-state index in [1.807, 2.05) is 21.1 Å². The number of carbonyl (C=O) groups is 2. The standard InChI is InChI=1S/C17H31NO4/c1-5-6-7-8-9-10-11-12-17(21)22-15(13-16(19)20)14-18(2,3)4/h11-12,15H,5-10,13-14H2,1-4H3. The molecule has 0 aromatic heterocycles. The maximum Gasteiger partial charge on any atom is 0.330 e. The molecule has 0 saturated carbocycles. The third-order valence-electron chi connectivity index (χ3n) is 3.16. The Balaban J connectivity index is 4.13. The van der Waals surface area contributed by atoms with E-state index in [2.05, 4.69) is 6.92 Å². The highest BCUT2D eigenvalue weighted by Gasteiger charge is 2.21. The van der Waals surface area contributed by atoms with E-state index in [9.17, 15) is 14.7 Å². The van der Waals surface area contributed by atoms with Gasteiger partial charge in [0.15, 0.2) is 6.10 Å². The number of esters is 1. The Labute approximate surface area is 134 Å². The summed E-state index contributed by atoms with van der Waals surface area (Å²) in [6.07, 6.45) is 9.04. The van der Waals surface area contributed by atoms with Crippen molar-refractivity contribution in [2.24, 2.45) is 0 Å². The van der Waals surface area contributed by atoms with Gasteiger partial charge in [-0.15, -0.1) is 0 Å². The zero-order chi connectivity index (χ0) is 17.0. The highest BCUT2D eigenvalue weighted by molar-refractivity contribution is 5.82. The second-order valence-corrected chi connectivity index (χ2v) is 6.71. The largest absolute Gasteiger partial charge is 0.550 e. The van der Waals surface area contributed by atoms with Crippen LogP contribution in [0, 0.1) is 0 Å². The van der Waals surface area contributed by atoms with Gasteiger partial charge in [-0.05, 0) is 12.8 Å². The van der Waals surface area contributed by atoms with Gasteiger partial charge in [0.1, 0.15) is 6.54 Å². The summed E-state index contributed by atoms with van der Waals surface area (Å²) in [5.41, 5.74) is 0. The lowest BCUT2D eigenvalue weighted by atomic mass is 10.1. The van der Waals surface area contributed by atoms with Crippen molar-refractivity contribution in [3.05, 3.63) is 12.2 Å². The van der Waals surface area contributed by atoms with Gasteiger partial charge in [-0.25, -0.2) is 4.79 Å². The first-order valence-corrected chi connectivity index (χ1v) is 8.12. The molecule has 5 heteroatoms. The van der Waals surface area contributed by atoms with Gasteiger partial charge in [-0.3, -0.25) is 0 Å². The molecule has 128 valence electrons. The van der Waals surface area contributed by atoms with Crippen molar-refractivity contribution in [1.82, 2.24) is 0 Å². The Morgan fingerprint density at radius 2 is 1.77 bits per heavy atom. The third kappa shape index (κ3) is 13.6. The SMILES string of the molecule is CCCCCCCC=CC(=O)OC(CC(=O)[O-])C[N+](C)(C)C. The molecular formula is C17H31NO4. The smallest absolute Gasteiger partial charge is 0.330 e. The van der Waals surface area contributed by atoms with Crippen LogP contribution in [0.3, 0.4) is 0 Å². The number of quaternary nitrogens is 1. The van der Waals surface area contributed by atoms with E-state index in [4.69, 9.17) is 4.74 Å². The minimum Gasteiger partial charge on any atom is -0.550 e. The molecule has 0 aliphatic heterocycles. The fourth-order valence-electron chi connectivity index (χ4n) is 2.19. The number of allylic oxidation sites excluding steroid dienone is 1. The Bertz CT molecular complexity index is 358. The molecule has 0 amide bonds. The first-order chi connectivity index (χ1) is 10.2. The van der Waals surface area contributed by atoms with Crippen LogP contribution in [0.25, 0.3) is 0 Å². The maximum atomic E-state index is 11.7. The minimum atomic E-state index is -1.20. The monoisotopic (exact) mass is 313 g/mol. The number of carboxylic acids is 1. The lowest BCUT2D eigenvalue weighted by molar-refractivity contribution is -0.873. The van der Waals surface area contributed by atoms with Gasteiger partial charge in [0.25, 0.3) is 0 Å². The predicted molar refractivity (Wildman–Crippen MR) is 84.9 cm³/mol. The van der Waals surface area contributed by atoms with Crippen LogP contribution < -0.4 is 5.11 Å². The number of hydrogen-bond acceptors (Lipinski definition) is 4. The minimum absolute atomic E-state index is 0.272. The molecule has 0 aromatic carbocycles. The highest BCUT2D eigenvalue weighted by atomic mass is 16.5. The number of rotatable bonds is 12. The molecule has 0 saturated heterocycles. The van der Waals surface area contributed by atoms with Crippen LogP contribution in [-0.4, -0.2) is 50.2 Å². The van der Waals surface area contributed by atoms with E-state index in [0.29, 0.717) is 11.0 Å². The van der Waals surface area contributed by atoms with E-state index >= 15 is 0 Å². The molecule has 0 bridgehead atoms. The number of hydrogen-bond donors (Lipinski definition) is 0. The van der Waals surface area contributed by atoms with E-state index in [1.165, 1.54) is 31.8 Å². The number of carbonyl (C=O) groups excluding carboxylic acids is 2. The summed E-state index contributed by atoms with van der Waals surface area (Å²) in [5, 5.41) is 10.7. The van der Waals surface area contributed by atoms with Crippen molar-refractivity contribution in [2.75, 3.05) is 27.7 Å². The molecule has 0 fully saturated rings. The summed E-state index contributed by atoms with van der Waals surface area (Å²) in [6.45, 7) is 2.61. The number of ether oxygens (including phenoxy) is 1. The van der Waals surface area contributed by atoms with Crippen molar-refractivity contribution in [2.45, 2.75) is 58.0 Å². The van der Waals surface area contributed by atoms with E-state index in [1.54, 1.807) is 6.08 Å². The molecule has 22 heavy (non-hydrogen) atoms. The quantitative estimate of drug-likeness (QED) is 0.238. The van der Waals surface area contributed by atoms with Crippen LogP contribution in [0.2, 0.25) is 0 Å². The second-order valence-electron chi connectivity index (χ2n) is 6.71. The van der Waals surface area contributed by atoms with Crippen LogP contribution >= 0.6 is 0 Å². The Morgan fingerprint density at radius 3 is 2.32 bits per heavy atom. The normalized spacial score (nSPS) is 13.3. The average Bonchev–Trinajstić information content (AvgIpc) is 2.34. The number of likely N-dealkylation sites (N-methyl/N-ethyl adjacent to an activating group) is 1. The lowest BCUT2D eigenvalue weighted by Crippen LogP contribution is -2.45. The van der Waals surface area contributed by atoms with E-state index in [-0.39, 0.29) is 6.42 Å². The van der Waals surface area contributed by atoms with Crippen molar-refractivity contribution in [1.29, 1.82) is 0 Å². The topological polar surface area (TPSA) is 66.4 Å². The molecular weight excluding hydrogens is 282 g/mol. The summed E-state index contributed by atoms with van der Waals surface area (Å²) in [5.74, 6) is -1.68. The van der Waals surface area contributed by atoms with Gasteiger partial charge < -0.3 is 19.1 Å². The number of carboxylic acid groups (broad SMARTS) is 1. The van der Waals surface area contributed by atoms with Crippen molar-refractivity contribution >= 4 is 11.9 Å². The fourth-order valence-corrected chi connectivity index (χ4v) is 2.19. The molecule has 0 spiro atoms. The Kier molecular flexibility index (Phi) is 10.5. The molecule has 0 aliphatic rings. The highest BCUT2D eigenvalue weighted by Crippen LogP contribution is 2.07. The van der Waals surface area contributed by atoms with Gasteiger partial charge in [0.05, 0.1) is 21.1 Å². The zero-order valence-electron chi connectivity index (χ0n) is 14.5. The molecule has 1 unspecified atom stereocenters. The van der Waals surface area contributed by atoms with Crippen LogP contribution in [-0.2, 0) is 14.3 Å². The Hall–Kier alpha value is -1.36. The predicted octanol–water partition coefficient (Wildman–Crippen LogP) is 1.66. The second kappa shape index (κ2) is 11.2. The van der Waals surface area contributed by atoms with Crippen LogP contribution in [0.15, 0.2) is 12.2 Å². The number of unbranched alkanes of at least 4 members (excludes halogenated alkanes) is 5. The third-order valence-corrected chi connectivity index (χ3v) is 3.16. The van der Waals surface area contributed by atoms with Crippen LogP contribution in [0.4, 0.5) is 0 Å². The fraction of sp³-hybridized carbons (Fsp3) is 0.765. The molecule has 0 N–H and O–H groups in total. The van der Waals surface area contributed by atoms with Crippen molar-refractivity contribution < 1.29 is 23.9 Å². The van der Waals surface area contributed by atoms with Gasteiger partial charge in [0, 0.05) is 18.5 Å². The molecule has 1 atom stereocenters. The van der Waals surface area contributed by atoms with Gasteiger partial charge in [-0.1, -0.05) is 38.7 Å². The molecule has 0 aliphatic carbocycles. The van der Waals surface area contributed by atoms with E-state index < -0.39 is 18.0 Å². The summed E-state index contributed by atoms with van der Waals surface area (Å²) in [7, 11) is 5.76. The van der Waals surface area contributed by atoms with Gasteiger partial charge >= 0.3 is 5.97 Å². The molecule has 0 heterocycles. The summed E-state index contributed by atoms with van der Waals surface area (Å²) >= 11 is 0. The molecule has 5 nitrogen and oxygen atoms in total. The molecule has 0 radical (unpaired) electrons. The van der Waals surface area contributed by atoms with Crippen LogP contribution in [0.5, 0.6) is 0 Å². The van der Waals surface area contributed by atoms with Crippen molar-refractivity contribution in [3.8, 4) is 0 Å². The molecule has 0 aromatic rings. The van der Waals surface area contributed by atoms with Gasteiger partial charge in [0.2, 0.25) is 0 Å². The maximum absolute atomic E-state index is 11.7. The summed E-state index contributed by atoms with van der Waals surface area (Å²) in [6, 6.07) is 0. The number of nitrogens with zero attached hydrogens (tertiary/aromatic N) is 1. The van der Waals surface area contributed by atoms with Gasteiger partial charge in [-0.2, -0.15) is 0 Å². The average molecular weight is 313 g/mol. The zero-order valence-corrected chi connectivity index (χ0v) is 14.5. The van der Waals surface area contributed by atoms with Crippen molar-refractivity contribution in [3.63, 3.8) is 0 Å². The molecule has 0 rings (SSSR count). The lowest BCUT2D eigenvalue weighted by Gasteiger charge is -2.29. The Morgan fingerprint density at radius 1 is 1.14 bits per heavy atom. The summed E-state index contributed by atoms with van der Waals surface area (Å²) < 4.78 is 5.74. The number of aliphatic carboxylic acids is 1. The van der Waals surface area contributed by atoms with Crippen LogP contribution in [0.1, 0.15) is 51.9 Å². The first kappa shape index (κ1) is 20.6. The first-order valence-electron chi connectivity index (χ1n) is 8.12. The van der Waals surface area contributed by atoms with E-state index in [0.717, 1.165) is 12.8 Å². The summed E-state index contributed by atoms with van der Waals surface area (Å²) in [4.78, 5) is 22.5.